The van der Waals surface area contributed by atoms with Crippen LogP contribution in [0.25, 0.3) is 0 Å². The van der Waals surface area contributed by atoms with Crippen LogP contribution in [-0.2, 0) is 19.1 Å². The highest BCUT2D eigenvalue weighted by atomic mass is 16.5. The zero-order valence-corrected chi connectivity index (χ0v) is 22.5. The Morgan fingerprint density at radius 2 is 1.61 bits per heavy atom. The van der Waals surface area contributed by atoms with Crippen molar-refractivity contribution in [1.29, 1.82) is 0 Å². The van der Waals surface area contributed by atoms with Crippen LogP contribution in [0, 0.1) is 11.8 Å². The van der Waals surface area contributed by atoms with Gasteiger partial charge in [-0.05, 0) is 65.8 Å². The first-order chi connectivity index (χ1) is 15.3. The van der Waals surface area contributed by atoms with Gasteiger partial charge in [0.2, 0.25) is 11.8 Å². The molecule has 0 aromatic rings. The fourth-order valence-corrected chi connectivity index (χ4v) is 4.37. The summed E-state index contributed by atoms with van der Waals surface area (Å²) in [4.78, 5) is 43.0. The molecular formula is C26H47N3O4. The lowest BCUT2D eigenvalue weighted by molar-refractivity contribution is -0.143. The summed E-state index contributed by atoms with van der Waals surface area (Å²) in [5.74, 6) is -0.582. The van der Waals surface area contributed by atoms with Crippen LogP contribution >= 0.6 is 0 Å². The number of carbonyl (C=O) groups is 3. The van der Waals surface area contributed by atoms with E-state index in [1.807, 2.05) is 41.5 Å². The summed E-state index contributed by atoms with van der Waals surface area (Å²) in [7, 11) is 1.74. The van der Waals surface area contributed by atoms with E-state index >= 15 is 0 Å². The van der Waals surface area contributed by atoms with Gasteiger partial charge in [0.1, 0.15) is 6.04 Å². The minimum absolute atomic E-state index is 0.0659. The number of likely N-dealkylation sites (tertiary alicyclic amines) is 1. The van der Waals surface area contributed by atoms with E-state index in [1.54, 1.807) is 24.9 Å². The molecule has 1 aliphatic rings. The summed E-state index contributed by atoms with van der Waals surface area (Å²) in [5.41, 5.74) is 0.474. The standard InChI is InChI=1S/C26H47N3O4/c1-16(2)22(15-20(9)26(32)33-19(7)8)28(10)25(31)23(17(3)4)27-24(30)21-13-11-12-14-29(21)18(5)6/h15-19,21-23H,11-14H2,1-10H3,(H,27,30)/b20-15+. The molecule has 0 bridgehead atoms. The molecule has 1 fully saturated rings. The lowest BCUT2D eigenvalue weighted by atomic mass is 9.95. The Labute approximate surface area is 201 Å². The summed E-state index contributed by atoms with van der Waals surface area (Å²) < 4.78 is 5.30. The van der Waals surface area contributed by atoms with Gasteiger partial charge in [-0.1, -0.05) is 40.2 Å². The molecule has 0 aliphatic carbocycles. The van der Waals surface area contributed by atoms with E-state index in [2.05, 4.69) is 24.1 Å². The van der Waals surface area contributed by atoms with Crippen molar-refractivity contribution in [2.24, 2.45) is 11.8 Å². The molecular weight excluding hydrogens is 418 g/mol. The summed E-state index contributed by atoms with van der Waals surface area (Å²) in [6.07, 6.45) is 4.52. The fraction of sp³-hybridized carbons (Fsp3) is 0.808. The van der Waals surface area contributed by atoms with E-state index < -0.39 is 6.04 Å². The van der Waals surface area contributed by atoms with Crippen LogP contribution < -0.4 is 5.32 Å². The molecule has 0 spiro atoms. The second-order valence-corrected chi connectivity index (χ2v) is 10.6. The van der Waals surface area contributed by atoms with Crippen molar-refractivity contribution in [2.45, 2.75) is 112 Å². The predicted molar refractivity (Wildman–Crippen MR) is 133 cm³/mol. The molecule has 7 heteroatoms. The van der Waals surface area contributed by atoms with Crippen LogP contribution in [0.1, 0.15) is 81.6 Å². The van der Waals surface area contributed by atoms with Gasteiger partial charge in [0, 0.05) is 18.7 Å². The molecule has 3 atom stereocenters. The number of carbonyl (C=O) groups excluding carboxylic acids is 3. The molecule has 0 radical (unpaired) electrons. The normalized spacial score (nSPS) is 19.7. The molecule has 0 aromatic carbocycles. The summed E-state index contributed by atoms with van der Waals surface area (Å²) >= 11 is 0. The fourth-order valence-electron chi connectivity index (χ4n) is 4.37. The summed E-state index contributed by atoms with van der Waals surface area (Å²) in [5, 5.41) is 3.06. The average molecular weight is 466 g/mol. The topological polar surface area (TPSA) is 79.0 Å². The minimum atomic E-state index is -0.629. The zero-order chi connectivity index (χ0) is 25.5. The SMILES string of the molecule is C/C(=C\C(C(C)C)N(C)C(=O)C(NC(=O)C1CCCCN1C(C)C)C(C)C)C(=O)OC(C)C. The van der Waals surface area contributed by atoms with E-state index in [4.69, 9.17) is 4.74 Å². The maximum absolute atomic E-state index is 13.5. The Balaban J connectivity index is 3.06. The number of likely N-dealkylation sites (N-methyl/N-ethyl adjacent to an activating group) is 1. The average Bonchev–Trinajstić information content (AvgIpc) is 2.73. The third-order valence-corrected chi connectivity index (χ3v) is 6.30. The first-order valence-electron chi connectivity index (χ1n) is 12.5. The van der Waals surface area contributed by atoms with E-state index in [1.165, 1.54) is 0 Å². The highest BCUT2D eigenvalue weighted by Crippen LogP contribution is 2.21. The van der Waals surface area contributed by atoms with Crippen molar-refractivity contribution in [3.05, 3.63) is 11.6 Å². The number of hydrogen-bond acceptors (Lipinski definition) is 5. The second kappa shape index (κ2) is 13.1. The summed E-state index contributed by atoms with van der Waals surface area (Å²) in [6, 6.07) is -0.846. The van der Waals surface area contributed by atoms with E-state index in [0.717, 1.165) is 25.8 Å². The van der Waals surface area contributed by atoms with Gasteiger partial charge >= 0.3 is 5.97 Å². The number of hydrogen-bond donors (Lipinski definition) is 1. The molecule has 3 unspecified atom stereocenters. The Hall–Kier alpha value is -1.89. The van der Waals surface area contributed by atoms with Gasteiger partial charge in [-0.3, -0.25) is 14.5 Å². The lowest BCUT2D eigenvalue weighted by Crippen LogP contribution is -2.58. The molecule has 1 saturated heterocycles. The van der Waals surface area contributed by atoms with Gasteiger partial charge in [-0.25, -0.2) is 4.79 Å². The van der Waals surface area contributed by atoms with E-state index in [0.29, 0.717) is 5.57 Å². The Bertz CT molecular complexity index is 700. The molecule has 1 aliphatic heterocycles. The molecule has 190 valence electrons. The number of amides is 2. The van der Waals surface area contributed by atoms with Crippen molar-refractivity contribution in [3.8, 4) is 0 Å². The summed E-state index contributed by atoms with van der Waals surface area (Å²) in [6.45, 7) is 18.4. The van der Waals surface area contributed by atoms with Crippen molar-refractivity contribution < 1.29 is 19.1 Å². The highest BCUT2D eigenvalue weighted by molar-refractivity contribution is 5.91. The van der Waals surface area contributed by atoms with Crippen molar-refractivity contribution in [1.82, 2.24) is 15.1 Å². The van der Waals surface area contributed by atoms with Crippen molar-refractivity contribution >= 4 is 17.8 Å². The van der Waals surface area contributed by atoms with Gasteiger partial charge in [0.15, 0.2) is 0 Å². The van der Waals surface area contributed by atoms with Gasteiger partial charge in [0.05, 0.1) is 18.2 Å². The van der Waals surface area contributed by atoms with Crippen LogP contribution in [0.4, 0.5) is 0 Å². The van der Waals surface area contributed by atoms with Crippen LogP contribution in [0.5, 0.6) is 0 Å². The van der Waals surface area contributed by atoms with Crippen LogP contribution in [0.15, 0.2) is 11.6 Å². The van der Waals surface area contributed by atoms with Gasteiger partial charge in [-0.15, -0.1) is 0 Å². The van der Waals surface area contributed by atoms with Crippen LogP contribution in [0.2, 0.25) is 0 Å². The van der Waals surface area contributed by atoms with E-state index in [-0.39, 0.29) is 53.8 Å². The Morgan fingerprint density at radius 3 is 2.09 bits per heavy atom. The van der Waals surface area contributed by atoms with Crippen molar-refractivity contribution in [2.75, 3.05) is 13.6 Å². The van der Waals surface area contributed by atoms with Gasteiger partial charge < -0.3 is 15.0 Å². The zero-order valence-electron chi connectivity index (χ0n) is 22.5. The molecule has 2 amide bonds. The molecule has 0 aromatic heterocycles. The second-order valence-electron chi connectivity index (χ2n) is 10.6. The molecule has 33 heavy (non-hydrogen) atoms. The van der Waals surface area contributed by atoms with Gasteiger partial charge in [0.25, 0.3) is 0 Å². The third kappa shape index (κ3) is 8.43. The molecule has 1 rings (SSSR count). The first kappa shape index (κ1) is 29.1. The van der Waals surface area contributed by atoms with Crippen LogP contribution in [-0.4, -0.2) is 71.4 Å². The number of nitrogens with zero attached hydrogens (tertiary/aromatic N) is 2. The number of ether oxygens (including phenoxy) is 1. The largest absolute Gasteiger partial charge is 0.460 e. The quantitative estimate of drug-likeness (QED) is 0.392. The Morgan fingerprint density at radius 1 is 1.00 bits per heavy atom. The third-order valence-electron chi connectivity index (χ3n) is 6.30. The maximum atomic E-state index is 13.5. The lowest BCUT2D eigenvalue weighted by Gasteiger charge is -2.39. The highest BCUT2D eigenvalue weighted by Gasteiger charge is 2.36. The number of esters is 1. The molecule has 7 nitrogen and oxygen atoms in total. The molecule has 1 heterocycles. The smallest absolute Gasteiger partial charge is 0.333 e. The monoisotopic (exact) mass is 465 g/mol. The maximum Gasteiger partial charge on any atom is 0.333 e. The number of rotatable bonds is 10. The Kier molecular flexibility index (Phi) is 11.6. The minimum Gasteiger partial charge on any atom is -0.460 e. The molecule has 1 N–H and O–H groups in total. The van der Waals surface area contributed by atoms with Gasteiger partial charge in [-0.2, -0.15) is 0 Å². The first-order valence-corrected chi connectivity index (χ1v) is 12.5. The van der Waals surface area contributed by atoms with E-state index in [9.17, 15) is 14.4 Å². The molecule has 0 saturated carbocycles. The number of piperidine rings is 1. The number of nitrogens with one attached hydrogen (secondary N) is 1. The van der Waals surface area contributed by atoms with Crippen molar-refractivity contribution in [3.63, 3.8) is 0 Å². The predicted octanol–water partition coefficient (Wildman–Crippen LogP) is 3.77. The van der Waals surface area contributed by atoms with Crippen LogP contribution in [0.3, 0.4) is 0 Å².